The third-order valence-corrected chi connectivity index (χ3v) is 3.59. The topological polar surface area (TPSA) is 61.8 Å². The molecule has 0 spiro atoms. The summed E-state index contributed by atoms with van der Waals surface area (Å²) in [6.45, 7) is 3.30. The fraction of sp³-hybridized carbons (Fsp3) is 0.500. The molecule has 0 aliphatic carbocycles. The third-order valence-electron chi connectivity index (χ3n) is 2.96. The summed E-state index contributed by atoms with van der Waals surface area (Å²) in [5, 5.41) is 11.7. The van der Waals surface area contributed by atoms with Gasteiger partial charge in [-0.25, -0.2) is 4.79 Å². The zero-order chi connectivity index (χ0) is 15.0. The number of amides is 2. The van der Waals surface area contributed by atoms with Gasteiger partial charge < -0.3 is 20.1 Å². The first-order chi connectivity index (χ1) is 9.63. The summed E-state index contributed by atoms with van der Waals surface area (Å²) in [5.74, 6) is 0.796. The van der Waals surface area contributed by atoms with Gasteiger partial charge in [0.25, 0.3) is 0 Å². The molecule has 0 aliphatic rings. The number of carbonyl (C=O) groups is 1. The highest BCUT2D eigenvalue weighted by Crippen LogP contribution is 2.28. The number of aliphatic hydroxyl groups is 1. The van der Waals surface area contributed by atoms with E-state index in [2.05, 4.69) is 21.2 Å². The summed E-state index contributed by atoms with van der Waals surface area (Å²) in [7, 11) is 1.63. The average molecular weight is 345 g/mol. The summed E-state index contributed by atoms with van der Waals surface area (Å²) in [5.41, 5.74) is 1.03. The summed E-state index contributed by atoms with van der Waals surface area (Å²) in [6.07, 6.45) is 0.686. The lowest BCUT2D eigenvalue weighted by molar-refractivity contribution is 0.180. The van der Waals surface area contributed by atoms with Crippen molar-refractivity contribution in [1.82, 2.24) is 10.2 Å². The van der Waals surface area contributed by atoms with Crippen LogP contribution in [0.1, 0.15) is 12.5 Å². The van der Waals surface area contributed by atoms with Crippen LogP contribution in [-0.4, -0.2) is 49.4 Å². The molecule has 0 unspecified atom stereocenters. The number of nitrogens with zero attached hydrogens (tertiary/aromatic N) is 1. The number of urea groups is 1. The van der Waals surface area contributed by atoms with Gasteiger partial charge in [0.15, 0.2) is 0 Å². The van der Waals surface area contributed by atoms with Crippen molar-refractivity contribution in [3.8, 4) is 5.75 Å². The molecule has 0 saturated carbocycles. The maximum absolute atomic E-state index is 11.8. The van der Waals surface area contributed by atoms with Gasteiger partial charge in [-0.3, -0.25) is 0 Å². The molecule has 0 bridgehead atoms. The van der Waals surface area contributed by atoms with Gasteiger partial charge in [0.1, 0.15) is 5.75 Å². The molecule has 0 heterocycles. The van der Waals surface area contributed by atoms with Crippen molar-refractivity contribution in [3.05, 3.63) is 28.2 Å². The van der Waals surface area contributed by atoms with Gasteiger partial charge in [0, 0.05) is 19.6 Å². The Hall–Kier alpha value is -1.27. The largest absolute Gasteiger partial charge is 0.495 e. The highest BCUT2D eigenvalue weighted by atomic mass is 79.9. The van der Waals surface area contributed by atoms with Gasteiger partial charge in [0.05, 0.1) is 18.2 Å². The minimum absolute atomic E-state index is 0.0271. The van der Waals surface area contributed by atoms with Gasteiger partial charge in [-0.1, -0.05) is 12.1 Å². The minimum atomic E-state index is -0.157. The van der Waals surface area contributed by atoms with Crippen LogP contribution in [0.25, 0.3) is 0 Å². The molecule has 0 radical (unpaired) electrons. The molecule has 6 heteroatoms. The Morgan fingerprint density at radius 3 is 2.85 bits per heavy atom. The van der Waals surface area contributed by atoms with Crippen molar-refractivity contribution >= 4 is 22.0 Å². The number of benzene rings is 1. The van der Waals surface area contributed by atoms with Crippen molar-refractivity contribution in [2.45, 2.75) is 13.3 Å². The summed E-state index contributed by atoms with van der Waals surface area (Å²) < 4.78 is 6.24. The lowest BCUT2D eigenvalue weighted by Gasteiger charge is -2.20. The van der Waals surface area contributed by atoms with Crippen LogP contribution in [0.2, 0.25) is 0 Å². The van der Waals surface area contributed by atoms with E-state index in [4.69, 9.17) is 9.84 Å². The molecule has 20 heavy (non-hydrogen) atoms. The van der Waals surface area contributed by atoms with E-state index >= 15 is 0 Å². The van der Waals surface area contributed by atoms with E-state index < -0.39 is 0 Å². The minimum Gasteiger partial charge on any atom is -0.495 e. The SMILES string of the molecule is CCN(CCO)C(=O)NCCc1cccc(Br)c1OC. The lowest BCUT2D eigenvalue weighted by atomic mass is 10.1. The lowest BCUT2D eigenvalue weighted by Crippen LogP contribution is -2.42. The first-order valence-electron chi connectivity index (χ1n) is 6.59. The number of aliphatic hydroxyl groups excluding tert-OH is 1. The van der Waals surface area contributed by atoms with Crippen LogP contribution in [0.3, 0.4) is 0 Å². The molecule has 0 atom stereocenters. The Morgan fingerprint density at radius 1 is 1.50 bits per heavy atom. The predicted octanol–water partition coefficient (Wildman–Crippen LogP) is 2.02. The van der Waals surface area contributed by atoms with Crippen molar-refractivity contribution in [2.75, 3.05) is 33.4 Å². The van der Waals surface area contributed by atoms with Crippen molar-refractivity contribution in [3.63, 3.8) is 0 Å². The predicted molar refractivity (Wildman–Crippen MR) is 82.1 cm³/mol. The van der Waals surface area contributed by atoms with Crippen LogP contribution in [0, 0.1) is 0 Å². The zero-order valence-corrected chi connectivity index (χ0v) is 13.4. The number of ether oxygens (including phenoxy) is 1. The molecule has 2 amide bonds. The number of halogens is 1. The van der Waals surface area contributed by atoms with Crippen LogP contribution in [0.15, 0.2) is 22.7 Å². The Labute approximate surface area is 128 Å². The first kappa shape index (κ1) is 16.8. The Kier molecular flexibility index (Phi) is 7.40. The fourth-order valence-corrected chi connectivity index (χ4v) is 2.49. The number of hydrogen-bond acceptors (Lipinski definition) is 3. The molecule has 1 aromatic rings. The maximum atomic E-state index is 11.8. The van der Waals surface area contributed by atoms with E-state index in [0.29, 0.717) is 26.1 Å². The molecule has 1 aromatic carbocycles. The van der Waals surface area contributed by atoms with Gasteiger partial charge in [-0.15, -0.1) is 0 Å². The quantitative estimate of drug-likeness (QED) is 0.795. The van der Waals surface area contributed by atoms with E-state index in [9.17, 15) is 4.79 Å². The van der Waals surface area contributed by atoms with Crippen molar-refractivity contribution in [2.24, 2.45) is 0 Å². The van der Waals surface area contributed by atoms with E-state index in [1.807, 2.05) is 25.1 Å². The van der Waals surface area contributed by atoms with Crippen LogP contribution < -0.4 is 10.1 Å². The normalized spacial score (nSPS) is 10.2. The second-order valence-electron chi connectivity index (χ2n) is 4.22. The molecule has 0 fully saturated rings. The van der Waals surface area contributed by atoms with Gasteiger partial charge in [-0.05, 0) is 40.9 Å². The Morgan fingerprint density at radius 2 is 2.25 bits per heavy atom. The monoisotopic (exact) mass is 344 g/mol. The van der Waals surface area contributed by atoms with Gasteiger partial charge in [-0.2, -0.15) is 0 Å². The molecule has 0 aliphatic heterocycles. The number of hydrogen-bond donors (Lipinski definition) is 2. The molecule has 5 nitrogen and oxygen atoms in total. The smallest absolute Gasteiger partial charge is 0.317 e. The number of nitrogens with one attached hydrogen (secondary N) is 1. The molecular formula is C14H21BrN2O3. The molecular weight excluding hydrogens is 324 g/mol. The second-order valence-corrected chi connectivity index (χ2v) is 5.07. The second kappa shape index (κ2) is 8.81. The highest BCUT2D eigenvalue weighted by molar-refractivity contribution is 9.10. The number of rotatable bonds is 7. The maximum Gasteiger partial charge on any atom is 0.317 e. The highest BCUT2D eigenvalue weighted by Gasteiger charge is 2.11. The van der Waals surface area contributed by atoms with Crippen molar-refractivity contribution < 1.29 is 14.6 Å². The van der Waals surface area contributed by atoms with E-state index in [1.165, 1.54) is 0 Å². The Bertz CT molecular complexity index is 440. The van der Waals surface area contributed by atoms with Crippen molar-refractivity contribution in [1.29, 1.82) is 0 Å². The molecule has 112 valence electrons. The van der Waals surface area contributed by atoms with E-state index in [1.54, 1.807) is 12.0 Å². The number of methoxy groups -OCH3 is 1. The first-order valence-corrected chi connectivity index (χ1v) is 7.38. The van der Waals surface area contributed by atoms with Crippen LogP contribution >= 0.6 is 15.9 Å². The summed E-state index contributed by atoms with van der Waals surface area (Å²) in [4.78, 5) is 13.4. The molecule has 0 saturated heterocycles. The van der Waals surface area contributed by atoms with E-state index in [0.717, 1.165) is 15.8 Å². The van der Waals surface area contributed by atoms with Gasteiger partial charge in [0.2, 0.25) is 0 Å². The molecule has 1 rings (SSSR count). The van der Waals surface area contributed by atoms with Crippen LogP contribution in [0.5, 0.6) is 5.75 Å². The fourth-order valence-electron chi connectivity index (χ4n) is 1.92. The molecule has 2 N–H and O–H groups in total. The summed E-state index contributed by atoms with van der Waals surface area (Å²) in [6, 6.07) is 5.67. The Balaban J connectivity index is 2.52. The summed E-state index contributed by atoms with van der Waals surface area (Å²) >= 11 is 3.43. The number of likely N-dealkylation sites (N-methyl/N-ethyl adjacent to an activating group) is 1. The number of carbonyl (C=O) groups excluding carboxylic acids is 1. The standard InChI is InChI=1S/C14H21BrN2O3/c1-3-17(9-10-18)14(19)16-8-7-11-5-4-6-12(15)13(11)20-2/h4-6,18H,3,7-10H2,1-2H3,(H,16,19). The van der Waals surface area contributed by atoms with Crippen LogP contribution in [0.4, 0.5) is 4.79 Å². The van der Waals surface area contributed by atoms with Gasteiger partial charge >= 0.3 is 6.03 Å². The number of para-hydroxylation sites is 1. The third kappa shape index (κ3) is 4.68. The van der Waals surface area contributed by atoms with E-state index in [-0.39, 0.29) is 12.6 Å². The molecule has 0 aromatic heterocycles. The zero-order valence-electron chi connectivity index (χ0n) is 11.9. The van der Waals surface area contributed by atoms with Crippen LogP contribution in [-0.2, 0) is 6.42 Å². The average Bonchev–Trinajstić information content (AvgIpc) is 2.44.